The minimum absolute atomic E-state index is 0.0486. The van der Waals surface area contributed by atoms with Crippen LogP contribution in [0.1, 0.15) is 30.5 Å². The summed E-state index contributed by atoms with van der Waals surface area (Å²) in [5.74, 6) is 0.845. The first-order valence-corrected chi connectivity index (χ1v) is 9.37. The van der Waals surface area contributed by atoms with Crippen molar-refractivity contribution in [2.24, 2.45) is 0 Å². The maximum atomic E-state index is 9.39. The summed E-state index contributed by atoms with van der Waals surface area (Å²) in [5.41, 5.74) is 3.27. The smallest absolute Gasteiger partial charge is 0.230 e. The lowest BCUT2D eigenvalue weighted by Crippen LogP contribution is -2.36. The summed E-state index contributed by atoms with van der Waals surface area (Å²) in [6.45, 7) is 4.55. The molecule has 0 saturated heterocycles. The molecule has 2 aromatic rings. The van der Waals surface area contributed by atoms with E-state index in [-0.39, 0.29) is 10.6 Å². The summed E-state index contributed by atoms with van der Waals surface area (Å²) >= 11 is 0. The van der Waals surface area contributed by atoms with Gasteiger partial charge in [-0.15, -0.1) is 10.2 Å². The Balaban J connectivity index is 2.11. The van der Waals surface area contributed by atoms with Crippen LogP contribution in [0.5, 0.6) is 5.88 Å². The molecule has 0 bridgehead atoms. The van der Waals surface area contributed by atoms with Crippen LogP contribution in [0.4, 0.5) is 0 Å². The molecule has 1 aromatic carbocycles. The highest BCUT2D eigenvalue weighted by Gasteiger charge is 2.43. The monoisotopic (exact) mass is 313 g/mol. The zero-order valence-electron chi connectivity index (χ0n) is 13.0. The lowest BCUT2D eigenvalue weighted by molar-refractivity contribution is 0.442. The van der Waals surface area contributed by atoms with E-state index >= 15 is 0 Å². The molecule has 1 aliphatic rings. The summed E-state index contributed by atoms with van der Waals surface area (Å²) in [6.07, 6.45) is 3.23. The average molecular weight is 313 g/mol. The predicted octanol–water partition coefficient (Wildman–Crippen LogP) is 3.38. The molecule has 0 saturated carbocycles. The molecule has 1 aliphatic heterocycles. The van der Waals surface area contributed by atoms with Crippen LogP contribution in [-0.2, 0) is 12.2 Å². The van der Waals surface area contributed by atoms with Gasteiger partial charge in [0, 0.05) is 16.6 Å². The molecule has 114 valence electrons. The number of hydrogen-bond donors (Lipinski definition) is 1. The summed E-state index contributed by atoms with van der Waals surface area (Å²) in [5, 5.41) is 27.6. The number of nitrogens with zero attached hydrogens (tertiary/aromatic N) is 3. The quantitative estimate of drug-likeness (QED) is 0.876. The topological polar surface area (TPSA) is 69.8 Å². The van der Waals surface area contributed by atoms with Crippen molar-refractivity contribution in [3.63, 3.8) is 0 Å². The molecule has 4 nitrogen and oxygen atoms in total. The molecule has 0 amide bonds. The number of nitriles is 1. The zero-order chi connectivity index (χ0) is 16.0. The van der Waals surface area contributed by atoms with E-state index in [0.29, 0.717) is 5.56 Å². The van der Waals surface area contributed by atoms with Gasteiger partial charge in [0.2, 0.25) is 5.88 Å². The van der Waals surface area contributed by atoms with Crippen molar-refractivity contribution >= 4 is 10.0 Å². The average Bonchev–Trinajstić information content (AvgIpc) is 2.48. The van der Waals surface area contributed by atoms with Gasteiger partial charge in [-0.25, -0.2) is 0 Å². The Morgan fingerprint density at radius 3 is 2.59 bits per heavy atom. The highest BCUT2D eigenvalue weighted by atomic mass is 32.3. The number of hydrogen-bond acceptors (Lipinski definition) is 4. The maximum absolute atomic E-state index is 9.39. The first-order valence-electron chi connectivity index (χ1n) is 7.16. The van der Waals surface area contributed by atoms with Gasteiger partial charge in [0.1, 0.15) is 5.03 Å². The fraction of sp³-hybridized carbons (Fsp3) is 0.353. The van der Waals surface area contributed by atoms with Crippen LogP contribution in [0.15, 0.2) is 35.4 Å². The second-order valence-electron chi connectivity index (χ2n) is 6.49. The maximum Gasteiger partial charge on any atom is 0.230 e. The highest BCUT2D eigenvalue weighted by molar-refractivity contribution is 8.33. The van der Waals surface area contributed by atoms with Gasteiger partial charge >= 0.3 is 0 Å². The molecule has 5 heteroatoms. The molecular formula is C17H19N3OS. The van der Waals surface area contributed by atoms with Crippen molar-refractivity contribution < 1.29 is 5.11 Å². The Bertz CT molecular complexity index is 764. The lowest BCUT2D eigenvalue weighted by atomic mass is 9.96. The van der Waals surface area contributed by atoms with Crippen molar-refractivity contribution in [2.75, 3.05) is 6.26 Å². The Kier molecular flexibility index (Phi) is 3.37. The molecule has 1 unspecified atom stereocenters. The van der Waals surface area contributed by atoms with Crippen LogP contribution in [0, 0.1) is 11.3 Å². The molecule has 3 rings (SSSR count). The highest BCUT2D eigenvalue weighted by Crippen LogP contribution is 2.67. The predicted molar refractivity (Wildman–Crippen MR) is 88.1 cm³/mol. The fourth-order valence-electron chi connectivity index (χ4n) is 3.04. The minimum Gasteiger partial charge on any atom is -0.492 e. The second kappa shape index (κ2) is 4.99. The standard InChI is InChI=1S/C17H19N3OS/c1-17(2)9-13-5-4-12(10-18)8-14(13)11-22(17,3)16-7-6-15(21)19-20-16/h4-8H,9,11H2,1-3H3,(H,19,21). The zero-order valence-corrected chi connectivity index (χ0v) is 13.8. The van der Waals surface area contributed by atoms with Gasteiger partial charge < -0.3 is 5.11 Å². The van der Waals surface area contributed by atoms with Gasteiger partial charge in [0.25, 0.3) is 0 Å². The second-order valence-corrected chi connectivity index (χ2v) is 10.5. The van der Waals surface area contributed by atoms with E-state index in [1.807, 2.05) is 18.2 Å². The van der Waals surface area contributed by atoms with Crippen molar-refractivity contribution in [1.82, 2.24) is 10.2 Å². The van der Waals surface area contributed by atoms with E-state index in [4.69, 9.17) is 5.26 Å². The van der Waals surface area contributed by atoms with Crippen LogP contribution in [0.2, 0.25) is 0 Å². The van der Waals surface area contributed by atoms with E-state index in [9.17, 15) is 5.11 Å². The Morgan fingerprint density at radius 2 is 1.95 bits per heavy atom. The van der Waals surface area contributed by atoms with E-state index in [2.05, 4.69) is 42.4 Å². The third-order valence-electron chi connectivity index (χ3n) is 4.70. The molecule has 1 atom stereocenters. The number of aromatic nitrogens is 2. The van der Waals surface area contributed by atoms with E-state index in [1.54, 1.807) is 6.07 Å². The molecule has 0 fully saturated rings. The first-order chi connectivity index (χ1) is 10.4. The van der Waals surface area contributed by atoms with Crippen LogP contribution >= 0.6 is 10.0 Å². The van der Waals surface area contributed by atoms with Gasteiger partial charge in [-0.1, -0.05) is 19.9 Å². The van der Waals surface area contributed by atoms with E-state index < -0.39 is 10.0 Å². The summed E-state index contributed by atoms with van der Waals surface area (Å²) < 4.78 is 0.0831. The molecule has 1 N–H and O–H groups in total. The molecule has 1 aromatic heterocycles. The van der Waals surface area contributed by atoms with Crippen LogP contribution in [0.3, 0.4) is 0 Å². The molecule has 22 heavy (non-hydrogen) atoms. The van der Waals surface area contributed by atoms with Gasteiger partial charge in [-0.2, -0.15) is 15.3 Å². The van der Waals surface area contributed by atoms with Gasteiger partial charge in [-0.3, -0.25) is 0 Å². The van der Waals surface area contributed by atoms with E-state index in [1.165, 1.54) is 11.1 Å². The third kappa shape index (κ3) is 2.24. The number of aromatic hydroxyl groups is 1. The van der Waals surface area contributed by atoms with Crippen molar-refractivity contribution in [3.05, 3.63) is 47.0 Å². The van der Waals surface area contributed by atoms with Gasteiger partial charge in [-0.05, 0) is 42.0 Å². The lowest BCUT2D eigenvalue weighted by Gasteiger charge is -2.52. The first kappa shape index (κ1) is 14.9. The molecular weight excluding hydrogens is 294 g/mol. The minimum atomic E-state index is -1.25. The summed E-state index contributed by atoms with van der Waals surface area (Å²) in [6, 6.07) is 11.7. The number of rotatable bonds is 1. The van der Waals surface area contributed by atoms with Gasteiger partial charge in [0.05, 0.1) is 11.6 Å². The molecule has 0 radical (unpaired) electrons. The third-order valence-corrected chi connectivity index (χ3v) is 9.32. The van der Waals surface area contributed by atoms with Crippen molar-refractivity contribution in [3.8, 4) is 11.9 Å². The van der Waals surface area contributed by atoms with Crippen LogP contribution < -0.4 is 0 Å². The van der Waals surface area contributed by atoms with Crippen molar-refractivity contribution in [1.29, 1.82) is 5.26 Å². The van der Waals surface area contributed by atoms with Gasteiger partial charge in [0.15, 0.2) is 0 Å². The van der Waals surface area contributed by atoms with E-state index in [0.717, 1.165) is 17.2 Å². The SMILES string of the molecule is CC1(C)Cc2ccc(C#N)cc2CS1(C)c1ccc(O)nn1. The van der Waals surface area contributed by atoms with Crippen molar-refractivity contribution in [2.45, 2.75) is 35.8 Å². The normalized spacial score (nSPS) is 25.5. The van der Waals surface area contributed by atoms with Crippen LogP contribution in [0.25, 0.3) is 0 Å². The summed E-state index contributed by atoms with van der Waals surface area (Å²) in [4.78, 5) is 0. The summed E-state index contributed by atoms with van der Waals surface area (Å²) in [7, 11) is -1.25. The molecule has 2 heterocycles. The molecule has 0 spiro atoms. The Morgan fingerprint density at radius 1 is 1.18 bits per heavy atom. The molecule has 0 aliphatic carbocycles. The fourth-order valence-corrected chi connectivity index (χ4v) is 6.10. The Labute approximate surface area is 132 Å². The number of fused-ring (bicyclic) bond motifs is 1. The largest absolute Gasteiger partial charge is 0.492 e. The Hall–Kier alpha value is -2.06. The number of benzene rings is 1. The van der Waals surface area contributed by atoms with Crippen LogP contribution in [-0.4, -0.2) is 26.3 Å².